The van der Waals surface area contributed by atoms with Gasteiger partial charge in [-0.15, -0.1) is 12.4 Å². The summed E-state index contributed by atoms with van der Waals surface area (Å²) in [6.07, 6.45) is 3.50. The largest absolute Gasteiger partial charge is 0.497 e. The Hall–Kier alpha value is -0.730. The van der Waals surface area contributed by atoms with Crippen molar-refractivity contribution in [2.75, 3.05) is 13.7 Å². The highest BCUT2D eigenvalue weighted by molar-refractivity contribution is 5.85. The summed E-state index contributed by atoms with van der Waals surface area (Å²) in [5.74, 6) is 1.64. The van der Waals surface area contributed by atoms with Crippen LogP contribution < -0.4 is 10.5 Å². The van der Waals surface area contributed by atoms with Crippen molar-refractivity contribution in [1.82, 2.24) is 0 Å². The number of nitrogens with two attached hydrogens (primary N) is 1. The Kier molecular flexibility index (Phi) is 4.43. The number of hydrogen-bond donors (Lipinski definition) is 1. The quantitative estimate of drug-likeness (QED) is 0.841. The lowest BCUT2D eigenvalue weighted by Gasteiger charge is -2.23. The van der Waals surface area contributed by atoms with E-state index in [4.69, 9.17) is 10.5 Å². The fraction of sp³-hybridized carbons (Fsp3) is 0.500. The summed E-state index contributed by atoms with van der Waals surface area (Å²) in [4.78, 5) is 0. The molecule has 0 aliphatic heterocycles. The van der Waals surface area contributed by atoms with Crippen molar-refractivity contribution < 1.29 is 4.74 Å². The van der Waals surface area contributed by atoms with Crippen LogP contribution in [0.15, 0.2) is 18.2 Å². The van der Waals surface area contributed by atoms with E-state index in [1.54, 1.807) is 7.11 Å². The molecule has 0 heterocycles. The summed E-state index contributed by atoms with van der Waals surface area (Å²) in [5, 5.41) is 0. The lowest BCUT2D eigenvalue weighted by molar-refractivity contribution is 0.411. The van der Waals surface area contributed by atoms with E-state index in [-0.39, 0.29) is 12.4 Å². The van der Waals surface area contributed by atoms with Crippen LogP contribution in [0, 0.1) is 5.92 Å². The van der Waals surface area contributed by atoms with Crippen LogP contribution in [0.3, 0.4) is 0 Å². The van der Waals surface area contributed by atoms with Crippen LogP contribution in [0.25, 0.3) is 0 Å². The van der Waals surface area contributed by atoms with Gasteiger partial charge in [0.2, 0.25) is 0 Å². The zero-order valence-electron chi connectivity index (χ0n) is 9.03. The maximum absolute atomic E-state index is 5.69. The van der Waals surface area contributed by atoms with Crippen LogP contribution in [-0.4, -0.2) is 13.7 Å². The fourth-order valence-corrected chi connectivity index (χ4v) is 2.14. The molecule has 0 aromatic heterocycles. The number of methoxy groups -OCH3 is 1. The van der Waals surface area contributed by atoms with Crippen molar-refractivity contribution in [2.24, 2.45) is 11.7 Å². The van der Waals surface area contributed by atoms with Gasteiger partial charge in [0, 0.05) is 0 Å². The highest BCUT2D eigenvalue weighted by Crippen LogP contribution is 2.27. The molecule has 2 rings (SSSR count). The van der Waals surface area contributed by atoms with Crippen LogP contribution in [0.4, 0.5) is 0 Å². The Morgan fingerprint density at radius 3 is 2.87 bits per heavy atom. The Balaban J connectivity index is 0.00000112. The first-order chi connectivity index (χ1) is 6.83. The zero-order valence-corrected chi connectivity index (χ0v) is 9.85. The Morgan fingerprint density at radius 1 is 1.40 bits per heavy atom. The zero-order chi connectivity index (χ0) is 9.97. The summed E-state index contributed by atoms with van der Waals surface area (Å²) in [6, 6.07) is 6.37. The van der Waals surface area contributed by atoms with Crippen molar-refractivity contribution in [2.45, 2.75) is 19.3 Å². The van der Waals surface area contributed by atoms with Crippen molar-refractivity contribution in [3.8, 4) is 5.75 Å². The molecule has 84 valence electrons. The molecule has 3 heteroatoms. The molecule has 1 atom stereocenters. The molecular formula is C12H18ClNO. The molecule has 15 heavy (non-hydrogen) atoms. The highest BCUT2D eigenvalue weighted by Gasteiger charge is 2.17. The second kappa shape index (κ2) is 5.38. The summed E-state index contributed by atoms with van der Waals surface area (Å²) < 4.78 is 5.21. The average Bonchev–Trinajstić information content (AvgIpc) is 2.27. The smallest absolute Gasteiger partial charge is 0.119 e. The predicted octanol–water partition coefficient (Wildman–Crippen LogP) is 2.18. The summed E-state index contributed by atoms with van der Waals surface area (Å²) in [6.45, 7) is 0.811. The molecule has 0 amide bonds. The van der Waals surface area contributed by atoms with Gasteiger partial charge in [0.1, 0.15) is 5.75 Å². The van der Waals surface area contributed by atoms with Gasteiger partial charge in [-0.05, 0) is 55.0 Å². The average molecular weight is 228 g/mol. The molecule has 1 aromatic carbocycles. The Labute approximate surface area is 97.2 Å². The van der Waals surface area contributed by atoms with Crippen LogP contribution in [0.1, 0.15) is 17.5 Å². The number of fused-ring (bicyclic) bond motifs is 1. The molecule has 0 radical (unpaired) electrons. The first-order valence-electron chi connectivity index (χ1n) is 5.19. The van der Waals surface area contributed by atoms with Gasteiger partial charge in [-0.1, -0.05) is 6.07 Å². The van der Waals surface area contributed by atoms with E-state index in [1.165, 1.54) is 17.5 Å². The molecule has 0 spiro atoms. The minimum atomic E-state index is 0. The number of benzene rings is 1. The minimum Gasteiger partial charge on any atom is -0.497 e. The van der Waals surface area contributed by atoms with Gasteiger partial charge >= 0.3 is 0 Å². The van der Waals surface area contributed by atoms with Crippen molar-refractivity contribution in [3.63, 3.8) is 0 Å². The summed E-state index contributed by atoms with van der Waals surface area (Å²) in [5.41, 5.74) is 8.58. The number of aryl methyl sites for hydroxylation is 1. The standard InChI is InChI=1S/C12H17NO.ClH/c1-14-12-5-4-10-6-9(8-13)2-3-11(10)7-12;/h4-5,7,9H,2-3,6,8,13H2,1H3;1H/t9-;/m1./s1. The highest BCUT2D eigenvalue weighted by atomic mass is 35.5. The van der Waals surface area contributed by atoms with Crippen LogP contribution in [0.5, 0.6) is 5.75 Å². The third-order valence-electron chi connectivity index (χ3n) is 3.08. The van der Waals surface area contributed by atoms with E-state index in [0.29, 0.717) is 5.92 Å². The van der Waals surface area contributed by atoms with Gasteiger partial charge in [-0.25, -0.2) is 0 Å². The molecular weight excluding hydrogens is 210 g/mol. The van der Waals surface area contributed by atoms with E-state index >= 15 is 0 Å². The third kappa shape index (κ3) is 2.64. The van der Waals surface area contributed by atoms with Crippen molar-refractivity contribution in [1.29, 1.82) is 0 Å². The monoisotopic (exact) mass is 227 g/mol. The number of rotatable bonds is 2. The van der Waals surface area contributed by atoms with E-state index < -0.39 is 0 Å². The van der Waals surface area contributed by atoms with E-state index in [9.17, 15) is 0 Å². The fourth-order valence-electron chi connectivity index (χ4n) is 2.14. The first-order valence-corrected chi connectivity index (χ1v) is 5.19. The lowest BCUT2D eigenvalue weighted by Crippen LogP contribution is -2.22. The van der Waals surface area contributed by atoms with E-state index in [1.807, 2.05) is 6.07 Å². The third-order valence-corrected chi connectivity index (χ3v) is 3.08. The van der Waals surface area contributed by atoms with Crippen LogP contribution in [-0.2, 0) is 12.8 Å². The summed E-state index contributed by atoms with van der Waals surface area (Å²) >= 11 is 0. The normalized spacial score (nSPS) is 18.9. The molecule has 1 aliphatic carbocycles. The molecule has 0 unspecified atom stereocenters. The Bertz CT molecular complexity index is 327. The van der Waals surface area contributed by atoms with Crippen LogP contribution >= 0.6 is 12.4 Å². The van der Waals surface area contributed by atoms with E-state index in [2.05, 4.69) is 12.1 Å². The molecule has 0 saturated carbocycles. The van der Waals surface area contributed by atoms with Gasteiger partial charge in [-0.2, -0.15) is 0 Å². The van der Waals surface area contributed by atoms with Crippen molar-refractivity contribution >= 4 is 12.4 Å². The number of ether oxygens (including phenoxy) is 1. The molecule has 0 fully saturated rings. The second-order valence-electron chi connectivity index (χ2n) is 3.98. The molecule has 0 bridgehead atoms. The van der Waals surface area contributed by atoms with Crippen LogP contribution in [0.2, 0.25) is 0 Å². The Morgan fingerprint density at radius 2 is 2.20 bits per heavy atom. The second-order valence-corrected chi connectivity index (χ2v) is 3.98. The molecule has 1 aliphatic rings. The number of hydrogen-bond acceptors (Lipinski definition) is 2. The van der Waals surface area contributed by atoms with E-state index in [0.717, 1.165) is 25.1 Å². The number of halogens is 1. The van der Waals surface area contributed by atoms with Gasteiger partial charge in [0.25, 0.3) is 0 Å². The molecule has 0 saturated heterocycles. The summed E-state index contributed by atoms with van der Waals surface area (Å²) in [7, 11) is 1.72. The maximum Gasteiger partial charge on any atom is 0.119 e. The van der Waals surface area contributed by atoms with Gasteiger partial charge in [-0.3, -0.25) is 0 Å². The van der Waals surface area contributed by atoms with Gasteiger partial charge < -0.3 is 10.5 Å². The van der Waals surface area contributed by atoms with Gasteiger partial charge in [0.15, 0.2) is 0 Å². The minimum absolute atomic E-state index is 0. The topological polar surface area (TPSA) is 35.2 Å². The SMILES string of the molecule is COc1ccc2c(c1)CC[C@@H](CN)C2.Cl. The van der Waals surface area contributed by atoms with Gasteiger partial charge in [0.05, 0.1) is 7.11 Å². The maximum atomic E-state index is 5.69. The molecule has 2 nitrogen and oxygen atoms in total. The lowest BCUT2D eigenvalue weighted by atomic mass is 9.84. The first kappa shape index (κ1) is 12.3. The predicted molar refractivity (Wildman–Crippen MR) is 64.8 cm³/mol. The van der Waals surface area contributed by atoms with Crippen molar-refractivity contribution in [3.05, 3.63) is 29.3 Å². The molecule has 2 N–H and O–H groups in total. The molecule has 1 aromatic rings.